The van der Waals surface area contributed by atoms with Crippen LogP contribution in [0.3, 0.4) is 0 Å². The molecule has 0 aliphatic carbocycles. The van der Waals surface area contributed by atoms with Gasteiger partial charge in [0.05, 0.1) is 0 Å². The largest absolute Gasteiger partial charge is 1.00 e. The van der Waals surface area contributed by atoms with Gasteiger partial charge in [0.2, 0.25) is 0 Å². The zero-order chi connectivity index (χ0) is 7.00. The van der Waals surface area contributed by atoms with Crippen LogP contribution in [0.5, 0.6) is 0 Å². The SMILES string of the molecule is O=P(F)(F)S(=O)(=O)F.[H-].[Li+]. The van der Waals surface area contributed by atoms with Crippen molar-refractivity contribution in [3.05, 3.63) is 0 Å². The minimum Gasteiger partial charge on any atom is -1.00 e. The van der Waals surface area contributed by atoms with Crippen LogP contribution < -0.4 is 18.9 Å². The number of halogens is 3. The summed E-state index contributed by atoms with van der Waals surface area (Å²) in [6, 6.07) is 0. The summed E-state index contributed by atoms with van der Waals surface area (Å²) < 4.78 is 59.4. The summed E-state index contributed by atoms with van der Waals surface area (Å²) in [7, 11) is -6.12. The van der Waals surface area contributed by atoms with Crippen LogP contribution in [0.4, 0.5) is 12.3 Å². The van der Waals surface area contributed by atoms with Crippen molar-refractivity contribution in [3.63, 3.8) is 0 Å². The van der Waals surface area contributed by atoms with Crippen molar-refractivity contribution < 1.29 is 45.5 Å². The molecule has 0 saturated heterocycles. The van der Waals surface area contributed by atoms with E-state index in [9.17, 15) is 12.3 Å². The molecule has 0 heterocycles. The van der Waals surface area contributed by atoms with Crippen LogP contribution in [0.25, 0.3) is 0 Å². The van der Waals surface area contributed by atoms with E-state index < -0.39 is 16.8 Å². The third-order valence-corrected chi connectivity index (χ3v) is 2.28. The van der Waals surface area contributed by atoms with Crippen molar-refractivity contribution in [1.29, 1.82) is 0 Å². The molecule has 0 aliphatic rings. The van der Waals surface area contributed by atoms with Gasteiger partial charge in [0, 0.05) is 0 Å². The molecule has 0 fully saturated rings. The fraction of sp³-hybridized carbons (Fsp3) is 0. The van der Waals surface area contributed by atoms with Gasteiger partial charge in [0.1, 0.15) is 0 Å². The average Bonchev–Trinajstić information content (AvgIpc) is 1.25. The minimum atomic E-state index is -6.54. The molecule has 3 nitrogen and oxygen atoms in total. The minimum absolute atomic E-state index is 0. The van der Waals surface area contributed by atoms with Gasteiger partial charge in [-0.05, 0) is 0 Å². The third kappa shape index (κ3) is 4.04. The van der Waals surface area contributed by atoms with Crippen molar-refractivity contribution in [2.24, 2.45) is 0 Å². The maximum atomic E-state index is 10.9. The Balaban J connectivity index is -0.000000245. The molecule has 0 N–H and O–H groups in total. The molecule has 0 aliphatic heterocycles. The van der Waals surface area contributed by atoms with Crippen LogP contribution in [0.15, 0.2) is 0 Å². The van der Waals surface area contributed by atoms with Crippen molar-refractivity contribution in [2.45, 2.75) is 0 Å². The smallest absolute Gasteiger partial charge is 1.00 e. The van der Waals surface area contributed by atoms with Gasteiger partial charge in [0.15, 0.2) is 0 Å². The van der Waals surface area contributed by atoms with Crippen molar-refractivity contribution in [2.75, 3.05) is 0 Å². The standard InChI is InChI=1S/F3O3PS.Li.H/c1-7(2,4)8(3,5)6;;/q;+1;-1. The van der Waals surface area contributed by atoms with Gasteiger partial charge in [-0.3, -0.25) is 0 Å². The van der Waals surface area contributed by atoms with Gasteiger partial charge < -0.3 is 1.43 Å². The summed E-state index contributed by atoms with van der Waals surface area (Å²) in [5.74, 6) is 0. The van der Waals surface area contributed by atoms with E-state index >= 15 is 0 Å². The Morgan fingerprint density at radius 3 is 1.44 bits per heavy atom. The zero-order valence-corrected chi connectivity index (χ0v) is 5.93. The van der Waals surface area contributed by atoms with Gasteiger partial charge in [0.25, 0.3) is 0 Å². The summed E-state index contributed by atoms with van der Waals surface area (Å²) in [4.78, 5) is 0. The van der Waals surface area contributed by atoms with E-state index in [4.69, 9.17) is 13.0 Å². The molecule has 9 heteroatoms. The van der Waals surface area contributed by atoms with E-state index in [2.05, 4.69) is 0 Å². The van der Waals surface area contributed by atoms with Gasteiger partial charge in [-0.25, -0.2) is 4.57 Å². The first kappa shape index (κ1) is 12.3. The molecule has 9 heavy (non-hydrogen) atoms. The molecule has 0 aromatic rings. The molecule has 0 saturated carbocycles. The summed E-state index contributed by atoms with van der Waals surface area (Å²) in [6.07, 6.45) is 0. The van der Waals surface area contributed by atoms with E-state index in [1.807, 2.05) is 0 Å². The molecule has 0 unspecified atom stereocenters. The van der Waals surface area contributed by atoms with E-state index in [1.54, 1.807) is 0 Å². The van der Waals surface area contributed by atoms with Crippen LogP contribution in [-0.4, -0.2) is 8.42 Å². The maximum absolute atomic E-state index is 10.9. The number of hydrogen-bond donors (Lipinski definition) is 0. The first-order chi connectivity index (χ1) is 3.25. The van der Waals surface area contributed by atoms with Crippen molar-refractivity contribution in [3.8, 4) is 0 Å². The molecular formula is HF3LiO3PS. The van der Waals surface area contributed by atoms with Crippen molar-refractivity contribution in [1.82, 2.24) is 0 Å². The Morgan fingerprint density at radius 2 is 1.44 bits per heavy atom. The molecule has 52 valence electrons. The summed E-state index contributed by atoms with van der Waals surface area (Å²) in [5.41, 5.74) is 0. The molecular weight excluding hydrogens is 175 g/mol. The fourth-order valence-electron chi connectivity index (χ4n) is 0. The number of hydrogen-bond acceptors (Lipinski definition) is 3. The summed E-state index contributed by atoms with van der Waals surface area (Å²) in [5, 5.41) is 0. The van der Waals surface area contributed by atoms with Gasteiger partial charge >= 0.3 is 35.7 Å². The molecule has 0 radical (unpaired) electrons. The van der Waals surface area contributed by atoms with Gasteiger partial charge in [-0.2, -0.15) is 8.42 Å². The third-order valence-electron chi connectivity index (χ3n) is 0.254. The first-order valence-corrected chi connectivity index (χ1v) is 4.67. The molecule has 0 rings (SSSR count). The molecule has 0 atom stereocenters. The van der Waals surface area contributed by atoms with Crippen molar-refractivity contribution >= 4 is 16.8 Å². The Morgan fingerprint density at radius 1 is 1.33 bits per heavy atom. The van der Waals surface area contributed by atoms with Crippen LogP contribution >= 0.6 is 6.97 Å². The Kier molecular flexibility index (Phi) is 4.23. The van der Waals surface area contributed by atoms with Crippen LogP contribution in [0.1, 0.15) is 1.43 Å². The maximum Gasteiger partial charge on any atom is 1.00 e. The molecule has 0 amide bonds. The molecule has 0 aromatic heterocycles. The predicted molar refractivity (Wildman–Crippen MR) is 21.0 cm³/mol. The summed E-state index contributed by atoms with van der Waals surface area (Å²) in [6.45, 7) is -6.54. The van der Waals surface area contributed by atoms with Gasteiger partial charge in [-0.15, -0.1) is 8.39 Å². The van der Waals surface area contributed by atoms with E-state index in [-0.39, 0.29) is 20.3 Å². The fourth-order valence-corrected chi connectivity index (χ4v) is 0. The monoisotopic (exact) mass is 176 g/mol. The van der Waals surface area contributed by atoms with Gasteiger partial charge in [-0.1, -0.05) is 3.89 Å². The Hall–Kier alpha value is 0.567. The quantitative estimate of drug-likeness (QED) is 0.276. The Bertz CT molecular complexity index is 218. The topological polar surface area (TPSA) is 51.2 Å². The number of rotatable bonds is 1. The van der Waals surface area contributed by atoms with E-state index in [0.29, 0.717) is 0 Å². The second-order valence-corrected chi connectivity index (χ2v) is 5.06. The second-order valence-electron chi connectivity index (χ2n) is 0.827. The first-order valence-electron chi connectivity index (χ1n) is 1.19. The summed E-state index contributed by atoms with van der Waals surface area (Å²) >= 11 is 0. The van der Waals surface area contributed by atoms with E-state index in [0.717, 1.165) is 0 Å². The normalized spacial score (nSPS) is 12.3. The van der Waals surface area contributed by atoms with E-state index in [1.165, 1.54) is 0 Å². The zero-order valence-electron chi connectivity index (χ0n) is 5.21. The Labute approximate surface area is 62.9 Å². The van der Waals surface area contributed by atoms with Crippen LogP contribution in [-0.2, 0) is 14.4 Å². The molecule has 0 bridgehead atoms. The second kappa shape index (κ2) is 3.11. The molecule has 0 spiro atoms. The molecule has 0 aromatic carbocycles. The van der Waals surface area contributed by atoms with Crippen LogP contribution in [0.2, 0.25) is 0 Å². The predicted octanol–water partition coefficient (Wildman–Crippen LogP) is -1.55. The van der Waals surface area contributed by atoms with Crippen LogP contribution in [0, 0.1) is 0 Å². The average molecular weight is 176 g/mol.